The molecule has 2 atom stereocenters. The van der Waals surface area contributed by atoms with E-state index >= 15 is 0 Å². The highest BCUT2D eigenvalue weighted by atomic mass is 16.6. The van der Waals surface area contributed by atoms with E-state index in [-0.39, 0.29) is 24.0 Å². The summed E-state index contributed by atoms with van der Waals surface area (Å²) in [5.41, 5.74) is 5.68. The Morgan fingerprint density at radius 1 is 1.55 bits per heavy atom. The van der Waals surface area contributed by atoms with Gasteiger partial charge < -0.3 is 20.7 Å². The van der Waals surface area contributed by atoms with Crippen LogP contribution in [0.5, 0.6) is 0 Å². The highest BCUT2D eigenvalue weighted by molar-refractivity contribution is 5.93. The number of aliphatic hydroxyl groups excluding tert-OH is 1. The van der Waals surface area contributed by atoms with Gasteiger partial charge in [0.25, 0.3) is 11.6 Å². The summed E-state index contributed by atoms with van der Waals surface area (Å²) in [4.78, 5) is 22.3. The van der Waals surface area contributed by atoms with Crippen molar-refractivity contribution < 1.29 is 14.8 Å². The van der Waals surface area contributed by atoms with E-state index in [9.17, 15) is 20.0 Å². The summed E-state index contributed by atoms with van der Waals surface area (Å²) in [7, 11) is 0. The second-order valence-corrected chi connectivity index (χ2v) is 4.96. The molecule has 112 valence electrons. The topological polar surface area (TPSA) is 123 Å². The van der Waals surface area contributed by atoms with Crippen molar-refractivity contribution in [2.24, 2.45) is 5.73 Å². The zero-order chi connectivity index (χ0) is 15.4. The minimum atomic E-state index is -0.749. The molecule has 8 heteroatoms. The maximum absolute atomic E-state index is 12.0. The lowest BCUT2D eigenvalue weighted by molar-refractivity contribution is -0.384. The molecular formula is C12H20N4O4. The smallest absolute Gasteiger partial charge is 0.287 e. The van der Waals surface area contributed by atoms with Crippen molar-refractivity contribution in [2.45, 2.75) is 39.0 Å². The second kappa shape index (κ2) is 6.49. The van der Waals surface area contributed by atoms with E-state index in [1.165, 1.54) is 23.8 Å². The van der Waals surface area contributed by atoms with Crippen LogP contribution in [0, 0.1) is 10.1 Å². The lowest BCUT2D eigenvalue weighted by Gasteiger charge is -2.16. The van der Waals surface area contributed by atoms with E-state index in [0.717, 1.165) is 0 Å². The lowest BCUT2D eigenvalue weighted by atomic mass is 10.2. The van der Waals surface area contributed by atoms with Crippen molar-refractivity contribution in [3.8, 4) is 0 Å². The van der Waals surface area contributed by atoms with E-state index in [2.05, 4.69) is 5.32 Å². The minimum absolute atomic E-state index is 0.0881. The maximum atomic E-state index is 12.0. The zero-order valence-electron chi connectivity index (χ0n) is 11.7. The highest BCUT2D eigenvalue weighted by Gasteiger charge is 2.21. The number of hydrogen-bond acceptors (Lipinski definition) is 5. The van der Waals surface area contributed by atoms with E-state index < -0.39 is 23.0 Å². The maximum Gasteiger partial charge on any atom is 0.287 e. The SMILES string of the molecule is CC(O)C(N)CNC(=O)c1cc([N+](=O)[O-])cn1C(C)C. The Bertz CT molecular complexity index is 496. The minimum Gasteiger partial charge on any atom is -0.392 e. The monoisotopic (exact) mass is 284 g/mol. The standard InChI is InChI=1S/C12H20N4O4/c1-7(2)15-6-9(16(19)20)4-11(15)12(18)14-5-10(13)8(3)17/h4,6-8,10,17H,5,13H2,1-3H3,(H,14,18). The summed E-state index contributed by atoms with van der Waals surface area (Å²) in [5, 5.41) is 22.6. The van der Waals surface area contributed by atoms with Crippen LogP contribution in [0.3, 0.4) is 0 Å². The van der Waals surface area contributed by atoms with Crippen molar-refractivity contribution in [3.05, 3.63) is 28.1 Å². The van der Waals surface area contributed by atoms with Crippen molar-refractivity contribution >= 4 is 11.6 Å². The predicted molar refractivity (Wildman–Crippen MR) is 73.5 cm³/mol. The van der Waals surface area contributed by atoms with E-state index in [4.69, 9.17) is 5.73 Å². The summed E-state index contributed by atoms with van der Waals surface area (Å²) in [5.74, 6) is -0.456. The van der Waals surface area contributed by atoms with Gasteiger partial charge >= 0.3 is 0 Å². The highest BCUT2D eigenvalue weighted by Crippen LogP contribution is 2.20. The summed E-state index contributed by atoms with van der Waals surface area (Å²) in [6, 6.07) is 0.551. The molecule has 0 aromatic carbocycles. The second-order valence-electron chi connectivity index (χ2n) is 4.96. The van der Waals surface area contributed by atoms with Crippen LogP contribution in [0.15, 0.2) is 12.3 Å². The molecule has 1 aromatic heterocycles. The number of rotatable bonds is 6. The predicted octanol–water partition coefficient (Wildman–Crippen LogP) is 0.415. The van der Waals surface area contributed by atoms with Crippen molar-refractivity contribution in [3.63, 3.8) is 0 Å². The molecule has 0 saturated carbocycles. The zero-order valence-corrected chi connectivity index (χ0v) is 11.7. The van der Waals surface area contributed by atoms with E-state index in [1.54, 1.807) is 0 Å². The molecule has 0 aliphatic rings. The number of nitrogens with two attached hydrogens (primary N) is 1. The first-order valence-corrected chi connectivity index (χ1v) is 6.32. The molecule has 0 fully saturated rings. The average molecular weight is 284 g/mol. The Kier molecular flexibility index (Phi) is 5.23. The molecule has 0 radical (unpaired) electrons. The number of carbonyl (C=O) groups is 1. The fraction of sp³-hybridized carbons (Fsp3) is 0.583. The molecule has 20 heavy (non-hydrogen) atoms. The molecule has 0 bridgehead atoms. The van der Waals surface area contributed by atoms with Crippen LogP contribution >= 0.6 is 0 Å². The van der Waals surface area contributed by atoms with Crippen LogP contribution in [0.1, 0.15) is 37.3 Å². The van der Waals surface area contributed by atoms with E-state index in [1.807, 2.05) is 13.8 Å². The Morgan fingerprint density at radius 2 is 2.15 bits per heavy atom. The van der Waals surface area contributed by atoms with Gasteiger partial charge in [-0.1, -0.05) is 0 Å². The van der Waals surface area contributed by atoms with Gasteiger partial charge in [-0.3, -0.25) is 14.9 Å². The Balaban J connectivity index is 2.89. The molecule has 4 N–H and O–H groups in total. The number of amides is 1. The van der Waals surface area contributed by atoms with Crippen LogP contribution < -0.4 is 11.1 Å². The van der Waals surface area contributed by atoms with Crippen LogP contribution in [-0.4, -0.2) is 39.2 Å². The van der Waals surface area contributed by atoms with E-state index in [0.29, 0.717) is 0 Å². The van der Waals surface area contributed by atoms with Gasteiger partial charge in [0.05, 0.1) is 17.2 Å². The first kappa shape index (κ1) is 16.1. The molecule has 0 spiro atoms. The van der Waals surface area contributed by atoms with Gasteiger partial charge in [0.1, 0.15) is 5.69 Å². The molecule has 0 aliphatic carbocycles. The lowest BCUT2D eigenvalue weighted by Crippen LogP contribution is -2.44. The van der Waals surface area contributed by atoms with Gasteiger partial charge in [0.15, 0.2) is 0 Å². The Hall–Kier alpha value is -1.93. The van der Waals surface area contributed by atoms with Gasteiger partial charge in [-0.25, -0.2) is 0 Å². The number of aromatic nitrogens is 1. The molecule has 0 aliphatic heterocycles. The average Bonchev–Trinajstić information content (AvgIpc) is 2.80. The summed E-state index contributed by atoms with van der Waals surface area (Å²) in [6.45, 7) is 5.26. The first-order valence-electron chi connectivity index (χ1n) is 6.32. The molecule has 2 unspecified atom stereocenters. The fourth-order valence-corrected chi connectivity index (χ4v) is 1.65. The van der Waals surface area contributed by atoms with Crippen LogP contribution in [0.2, 0.25) is 0 Å². The molecule has 1 rings (SSSR count). The third kappa shape index (κ3) is 3.78. The van der Waals surface area contributed by atoms with Crippen LogP contribution in [0.25, 0.3) is 0 Å². The Morgan fingerprint density at radius 3 is 2.60 bits per heavy atom. The molecular weight excluding hydrogens is 264 g/mol. The van der Waals surface area contributed by atoms with Crippen LogP contribution in [0.4, 0.5) is 5.69 Å². The normalized spacial score (nSPS) is 14.1. The quantitative estimate of drug-likeness (QED) is 0.516. The number of hydrogen-bond donors (Lipinski definition) is 3. The summed E-state index contributed by atoms with van der Waals surface area (Å²) >= 11 is 0. The molecule has 1 aromatic rings. The number of nitrogens with zero attached hydrogens (tertiary/aromatic N) is 2. The van der Waals surface area contributed by atoms with Crippen LogP contribution in [-0.2, 0) is 0 Å². The van der Waals surface area contributed by atoms with Gasteiger partial charge in [-0.2, -0.15) is 0 Å². The van der Waals surface area contributed by atoms with Gasteiger partial charge in [0.2, 0.25) is 0 Å². The Labute approximate surface area is 116 Å². The molecule has 1 heterocycles. The van der Waals surface area contributed by atoms with Crippen molar-refractivity contribution in [1.82, 2.24) is 9.88 Å². The van der Waals surface area contributed by atoms with Gasteiger partial charge in [0, 0.05) is 24.7 Å². The molecule has 1 amide bonds. The fourth-order valence-electron chi connectivity index (χ4n) is 1.65. The summed E-state index contributed by atoms with van der Waals surface area (Å²) in [6.07, 6.45) is 0.579. The largest absolute Gasteiger partial charge is 0.392 e. The van der Waals surface area contributed by atoms with Gasteiger partial charge in [-0.05, 0) is 20.8 Å². The van der Waals surface area contributed by atoms with Crippen molar-refractivity contribution in [1.29, 1.82) is 0 Å². The third-order valence-corrected chi connectivity index (χ3v) is 2.95. The number of carbonyl (C=O) groups excluding carboxylic acids is 1. The first-order chi connectivity index (χ1) is 9.23. The summed E-state index contributed by atoms with van der Waals surface area (Å²) < 4.78 is 1.53. The third-order valence-electron chi connectivity index (χ3n) is 2.95. The number of nitrogens with one attached hydrogen (secondary N) is 1. The number of aliphatic hydroxyl groups is 1. The molecule has 0 saturated heterocycles. The van der Waals surface area contributed by atoms with Gasteiger partial charge in [-0.15, -0.1) is 0 Å². The molecule has 8 nitrogen and oxygen atoms in total. The van der Waals surface area contributed by atoms with Crippen molar-refractivity contribution in [2.75, 3.05) is 6.54 Å². The number of nitro groups is 1.